The molecule has 3 aliphatic heterocycles. The molecule has 3 fully saturated rings. The highest BCUT2D eigenvalue weighted by molar-refractivity contribution is 5.89. The van der Waals surface area contributed by atoms with Crippen molar-refractivity contribution >= 4 is 11.8 Å². The predicted octanol–water partition coefficient (Wildman–Crippen LogP) is 2.82. The molecule has 0 spiro atoms. The van der Waals surface area contributed by atoms with E-state index < -0.39 is 0 Å². The monoisotopic (exact) mass is 457 g/mol. The highest BCUT2D eigenvalue weighted by atomic mass is 16.5. The first-order valence-corrected chi connectivity index (χ1v) is 12.5. The molecule has 4 rings (SSSR count). The van der Waals surface area contributed by atoms with Gasteiger partial charge in [0.05, 0.1) is 20.1 Å². The largest absolute Gasteiger partial charge is 0.493 e. The Balaban J connectivity index is 1.29. The Hall–Kier alpha value is -2.28. The standard InChI is InChI=1S/C26H39N3O4/c1-27(17-20-7-6-13-28-12-5-4-8-22(20)28)26(31)21-16-25(30)29(18-21)14-11-19-9-10-23(32-2)24(15-19)33-3/h9-10,15,20-22H,4-8,11-14,16-18H2,1-3H3/t20-,21-,22-/m1/s1. The van der Waals surface area contributed by atoms with Crippen LogP contribution in [0, 0.1) is 11.8 Å². The Morgan fingerprint density at radius 2 is 1.88 bits per heavy atom. The summed E-state index contributed by atoms with van der Waals surface area (Å²) < 4.78 is 10.7. The first kappa shape index (κ1) is 23.9. The fraction of sp³-hybridized carbons (Fsp3) is 0.692. The van der Waals surface area contributed by atoms with Gasteiger partial charge in [0.15, 0.2) is 11.5 Å². The number of ether oxygens (including phenoxy) is 2. The summed E-state index contributed by atoms with van der Waals surface area (Å²) in [6.45, 7) is 4.38. The summed E-state index contributed by atoms with van der Waals surface area (Å²) in [6.07, 6.45) is 7.37. The summed E-state index contributed by atoms with van der Waals surface area (Å²) in [7, 11) is 5.17. The smallest absolute Gasteiger partial charge is 0.227 e. The molecular formula is C26H39N3O4. The van der Waals surface area contributed by atoms with Crippen molar-refractivity contribution in [1.82, 2.24) is 14.7 Å². The zero-order valence-corrected chi connectivity index (χ0v) is 20.4. The van der Waals surface area contributed by atoms with Crippen molar-refractivity contribution in [2.75, 3.05) is 54.0 Å². The Morgan fingerprint density at radius 1 is 1.09 bits per heavy atom. The molecule has 0 bridgehead atoms. The van der Waals surface area contributed by atoms with Gasteiger partial charge in [0.25, 0.3) is 0 Å². The number of hydrogen-bond acceptors (Lipinski definition) is 5. The maximum atomic E-state index is 13.2. The zero-order chi connectivity index (χ0) is 23.4. The first-order chi connectivity index (χ1) is 16.0. The summed E-state index contributed by atoms with van der Waals surface area (Å²) in [6, 6.07) is 6.47. The second-order valence-corrected chi connectivity index (χ2v) is 9.90. The van der Waals surface area contributed by atoms with Gasteiger partial charge in [0, 0.05) is 39.1 Å². The molecule has 1 aromatic carbocycles. The number of benzene rings is 1. The Bertz CT molecular complexity index is 843. The lowest BCUT2D eigenvalue weighted by Gasteiger charge is -2.45. The van der Waals surface area contributed by atoms with E-state index in [0.29, 0.717) is 43.0 Å². The van der Waals surface area contributed by atoms with Crippen molar-refractivity contribution in [2.24, 2.45) is 11.8 Å². The number of likely N-dealkylation sites (tertiary alicyclic amines) is 1. The molecule has 33 heavy (non-hydrogen) atoms. The Kier molecular flexibility index (Phi) is 7.78. The van der Waals surface area contributed by atoms with Crippen molar-refractivity contribution in [3.05, 3.63) is 23.8 Å². The zero-order valence-electron chi connectivity index (χ0n) is 20.4. The van der Waals surface area contributed by atoms with Crippen LogP contribution < -0.4 is 9.47 Å². The number of piperidine rings is 2. The lowest BCUT2D eigenvalue weighted by molar-refractivity contribution is -0.135. The van der Waals surface area contributed by atoms with Gasteiger partial charge in [-0.15, -0.1) is 0 Å². The van der Waals surface area contributed by atoms with Crippen molar-refractivity contribution in [3.8, 4) is 11.5 Å². The maximum Gasteiger partial charge on any atom is 0.227 e. The van der Waals surface area contributed by atoms with E-state index in [1.807, 2.05) is 35.0 Å². The summed E-state index contributed by atoms with van der Waals surface area (Å²) in [4.78, 5) is 32.2. The molecule has 2 amide bonds. The molecule has 0 unspecified atom stereocenters. The minimum absolute atomic E-state index is 0.0818. The number of amides is 2. The minimum Gasteiger partial charge on any atom is -0.493 e. The van der Waals surface area contributed by atoms with Crippen LogP contribution in [0.2, 0.25) is 0 Å². The Labute approximate surface area is 198 Å². The number of nitrogens with zero attached hydrogens (tertiary/aromatic N) is 3. The van der Waals surface area contributed by atoms with Gasteiger partial charge in [-0.25, -0.2) is 0 Å². The van der Waals surface area contributed by atoms with Crippen molar-refractivity contribution in [2.45, 2.75) is 51.0 Å². The molecule has 0 aliphatic carbocycles. The van der Waals surface area contributed by atoms with Crippen LogP contribution >= 0.6 is 0 Å². The Morgan fingerprint density at radius 3 is 2.67 bits per heavy atom. The SMILES string of the molecule is COc1ccc(CCN2C[C@H](C(=O)N(C)C[C@H]3CCCN4CCCC[C@H]34)CC2=O)cc1OC. The summed E-state index contributed by atoms with van der Waals surface area (Å²) in [5.74, 6) is 1.94. The number of carbonyl (C=O) groups excluding carboxylic acids is 2. The molecule has 0 radical (unpaired) electrons. The van der Waals surface area contributed by atoms with E-state index in [0.717, 1.165) is 18.5 Å². The average Bonchev–Trinajstić information content (AvgIpc) is 3.22. The predicted molar refractivity (Wildman–Crippen MR) is 128 cm³/mol. The van der Waals surface area contributed by atoms with Crippen LogP contribution in [-0.2, 0) is 16.0 Å². The van der Waals surface area contributed by atoms with Crippen LogP contribution in [0.5, 0.6) is 11.5 Å². The second kappa shape index (κ2) is 10.8. The van der Waals surface area contributed by atoms with E-state index in [-0.39, 0.29) is 17.7 Å². The van der Waals surface area contributed by atoms with E-state index in [2.05, 4.69) is 4.90 Å². The highest BCUT2D eigenvalue weighted by Gasteiger charge is 2.38. The van der Waals surface area contributed by atoms with Crippen LogP contribution in [0.1, 0.15) is 44.1 Å². The third-order valence-corrected chi connectivity index (χ3v) is 7.80. The molecule has 0 saturated carbocycles. The first-order valence-electron chi connectivity index (χ1n) is 12.5. The molecule has 182 valence electrons. The number of carbonyl (C=O) groups is 2. The van der Waals surface area contributed by atoms with Gasteiger partial charge in [-0.1, -0.05) is 12.5 Å². The van der Waals surface area contributed by atoms with Gasteiger partial charge in [0.2, 0.25) is 11.8 Å². The summed E-state index contributed by atoms with van der Waals surface area (Å²) in [5, 5.41) is 0. The maximum absolute atomic E-state index is 13.2. The van der Waals surface area contributed by atoms with E-state index in [9.17, 15) is 9.59 Å². The van der Waals surface area contributed by atoms with Gasteiger partial charge in [-0.3, -0.25) is 9.59 Å². The van der Waals surface area contributed by atoms with Crippen molar-refractivity contribution < 1.29 is 19.1 Å². The van der Waals surface area contributed by atoms with Gasteiger partial charge >= 0.3 is 0 Å². The average molecular weight is 458 g/mol. The van der Waals surface area contributed by atoms with Gasteiger partial charge in [0.1, 0.15) is 0 Å². The van der Waals surface area contributed by atoms with Gasteiger partial charge in [-0.2, -0.15) is 0 Å². The van der Waals surface area contributed by atoms with E-state index in [1.54, 1.807) is 14.2 Å². The van der Waals surface area contributed by atoms with Crippen LogP contribution in [0.4, 0.5) is 0 Å². The fourth-order valence-corrected chi connectivity index (χ4v) is 6.00. The highest BCUT2D eigenvalue weighted by Crippen LogP contribution is 2.32. The molecule has 0 N–H and O–H groups in total. The molecular weight excluding hydrogens is 418 g/mol. The van der Waals surface area contributed by atoms with E-state index in [1.165, 1.54) is 45.2 Å². The fourth-order valence-electron chi connectivity index (χ4n) is 6.00. The third-order valence-electron chi connectivity index (χ3n) is 7.80. The normalized spacial score (nSPS) is 25.6. The summed E-state index contributed by atoms with van der Waals surface area (Å²) >= 11 is 0. The van der Waals surface area contributed by atoms with Crippen LogP contribution in [0.15, 0.2) is 18.2 Å². The van der Waals surface area contributed by atoms with Crippen LogP contribution in [0.25, 0.3) is 0 Å². The number of methoxy groups -OCH3 is 2. The lowest BCUT2D eigenvalue weighted by Crippen LogP contribution is -2.51. The molecule has 0 aromatic heterocycles. The van der Waals surface area contributed by atoms with Crippen molar-refractivity contribution in [1.29, 1.82) is 0 Å². The van der Waals surface area contributed by atoms with Crippen LogP contribution in [-0.4, -0.2) is 86.5 Å². The summed E-state index contributed by atoms with van der Waals surface area (Å²) in [5.41, 5.74) is 1.08. The number of fused-ring (bicyclic) bond motifs is 1. The van der Waals surface area contributed by atoms with Crippen molar-refractivity contribution in [3.63, 3.8) is 0 Å². The van der Waals surface area contributed by atoms with Gasteiger partial charge < -0.3 is 24.2 Å². The number of hydrogen-bond donors (Lipinski definition) is 0. The van der Waals surface area contributed by atoms with E-state index >= 15 is 0 Å². The van der Waals surface area contributed by atoms with Crippen LogP contribution in [0.3, 0.4) is 0 Å². The van der Waals surface area contributed by atoms with E-state index in [4.69, 9.17) is 9.47 Å². The molecule has 3 saturated heterocycles. The molecule has 3 heterocycles. The second-order valence-electron chi connectivity index (χ2n) is 9.90. The number of rotatable bonds is 8. The quantitative estimate of drug-likeness (QED) is 0.601. The molecule has 1 aromatic rings. The minimum atomic E-state index is -0.223. The molecule has 7 nitrogen and oxygen atoms in total. The molecule has 7 heteroatoms. The van der Waals surface area contributed by atoms with Gasteiger partial charge in [-0.05, 0) is 68.8 Å². The third kappa shape index (κ3) is 5.45. The molecule has 3 atom stereocenters. The lowest BCUT2D eigenvalue weighted by atomic mass is 9.83. The topological polar surface area (TPSA) is 62.3 Å². The molecule has 3 aliphatic rings.